The molecule has 1 fully saturated rings. The van der Waals surface area contributed by atoms with Gasteiger partial charge in [-0.1, -0.05) is 37.3 Å². The van der Waals surface area contributed by atoms with Crippen LogP contribution in [0.2, 0.25) is 0 Å². The first kappa shape index (κ1) is 21.4. The molecule has 2 aliphatic rings. The normalized spacial score (nSPS) is 21.1. The van der Waals surface area contributed by atoms with Gasteiger partial charge in [0.25, 0.3) is 0 Å². The smallest absolute Gasteiger partial charge is 0.243 e. The summed E-state index contributed by atoms with van der Waals surface area (Å²) in [5, 5.41) is 0.468. The molecule has 1 atom stereocenters. The maximum atomic E-state index is 13.1. The Kier molecular flexibility index (Phi) is 6.48. The zero-order chi connectivity index (χ0) is 21.1. The van der Waals surface area contributed by atoms with Crippen molar-refractivity contribution in [1.82, 2.24) is 9.21 Å². The lowest BCUT2D eigenvalue weighted by Gasteiger charge is -2.34. The number of piperazine rings is 1. The van der Waals surface area contributed by atoms with Crippen molar-refractivity contribution in [2.75, 3.05) is 44.2 Å². The molecule has 0 aliphatic carbocycles. The second kappa shape index (κ2) is 9.09. The Balaban J connectivity index is 1.39. The number of carbonyl (C=O) groups excluding carboxylic acids is 1. The molecule has 160 valence electrons. The van der Waals surface area contributed by atoms with E-state index in [2.05, 4.69) is 17.9 Å². The predicted molar refractivity (Wildman–Crippen MR) is 120 cm³/mol. The van der Waals surface area contributed by atoms with Gasteiger partial charge < -0.3 is 4.90 Å². The summed E-state index contributed by atoms with van der Waals surface area (Å²) in [7, 11) is -3.48. The summed E-state index contributed by atoms with van der Waals surface area (Å²) in [5.41, 5.74) is 0.988. The minimum absolute atomic E-state index is 0.0801. The fourth-order valence-electron chi connectivity index (χ4n) is 3.89. The molecule has 0 radical (unpaired) electrons. The van der Waals surface area contributed by atoms with E-state index in [1.807, 2.05) is 40.9 Å². The number of fused-ring (bicyclic) bond motifs is 1. The molecule has 4 rings (SSSR count). The summed E-state index contributed by atoms with van der Waals surface area (Å²) in [4.78, 5) is 18.6. The lowest BCUT2D eigenvalue weighted by Crippen LogP contribution is -2.51. The first-order valence-electron chi connectivity index (χ1n) is 10.3. The Morgan fingerprint density at radius 3 is 2.37 bits per heavy atom. The highest BCUT2D eigenvalue weighted by Gasteiger charge is 2.30. The first-order valence-corrected chi connectivity index (χ1v) is 12.6. The fraction of sp³-hybridized carbons (Fsp3) is 0.409. The average molecular weight is 446 g/mol. The van der Waals surface area contributed by atoms with E-state index in [4.69, 9.17) is 0 Å². The van der Waals surface area contributed by atoms with Gasteiger partial charge in [0.05, 0.1) is 17.1 Å². The fourth-order valence-corrected chi connectivity index (χ4v) is 6.45. The zero-order valence-corrected chi connectivity index (χ0v) is 18.7. The molecule has 2 aliphatic heterocycles. The molecule has 0 bridgehead atoms. The third-order valence-electron chi connectivity index (χ3n) is 5.62. The molecule has 1 saturated heterocycles. The Labute approximate surface area is 182 Å². The number of hydrogen-bond donors (Lipinski definition) is 0. The Morgan fingerprint density at radius 2 is 1.63 bits per heavy atom. The lowest BCUT2D eigenvalue weighted by atomic mass is 10.2. The molecule has 0 N–H and O–H groups in total. The molecular formula is C22H27N3O3S2. The number of hydrogen-bond acceptors (Lipinski definition) is 5. The number of anilines is 1. The van der Waals surface area contributed by atoms with Crippen LogP contribution >= 0.6 is 11.8 Å². The van der Waals surface area contributed by atoms with Gasteiger partial charge in [0, 0.05) is 42.9 Å². The zero-order valence-electron chi connectivity index (χ0n) is 17.1. The quantitative estimate of drug-likeness (QED) is 0.724. The van der Waals surface area contributed by atoms with Crippen molar-refractivity contribution in [2.24, 2.45) is 0 Å². The SMILES string of the molecule is C[C@@H]1CCN(C(=O)CN2CCN(S(=O)(=O)c3ccccc3)CC2)c2ccccc2S1. The summed E-state index contributed by atoms with van der Waals surface area (Å²) in [6.07, 6.45) is 0.953. The molecule has 1 amide bonds. The minimum atomic E-state index is -3.48. The van der Waals surface area contributed by atoms with Crippen LogP contribution in [0.25, 0.3) is 0 Å². The molecule has 30 heavy (non-hydrogen) atoms. The number of rotatable bonds is 4. The van der Waals surface area contributed by atoms with Crippen molar-refractivity contribution in [3.63, 3.8) is 0 Å². The van der Waals surface area contributed by atoms with E-state index in [-0.39, 0.29) is 5.91 Å². The van der Waals surface area contributed by atoms with Gasteiger partial charge in [-0.05, 0) is 30.7 Å². The van der Waals surface area contributed by atoms with Crippen LogP contribution in [0, 0.1) is 0 Å². The standard InChI is InChI=1S/C22H27N3O3S2/c1-18-11-12-25(20-9-5-6-10-21(20)29-18)22(26)17-23-13-15-24(16-14-23)30(27,28)19-7-3-2-4-8-19/h2-10,18H,11-17H2,1H3/t18-/m1/s1. The summed E-state index contributed by atoms with van der Waals surface area (Å²) in [6, 6.07) is 16.6. The summed E-state index contributed by atoms with van der Waals surface area (Å²) in [5.74, 6) is 0.0801. The topological polar surface area (TPSA) is 60.9 Å². The number of nitrogens with zero attached hydrogens (tertiary/aromatic N) is 3. The highest BCUT2D eigenvalue weighted by atomic mass is 32.2. The molecule has 0 saturated carbocycles. The van der Waals surface area contributed by atoms with Crippen LogP contribution in [-0.4, -0.2) is 68.0 Å². The molecule has 8 heteroatoms. The van der Waals surface area contributed by atoms with Crippen LogP contribution in [0.1, 0.15) is 13.3 Å². The van der Waals surface area contributed by atoms with Gasteiger partial charge in [-0.25, -0.2) is 8.42 Å². The Hall–Kier alpha value is -1.87. The van der Waals surface area contributed by atoms with Crippen LogP contribution in [0.3, 0.4) is 0 Å². The van der Waals surface area contributed by atoms with Crippen LogP contribution in [0.5, 0.6) is 0 Å². The number of benzene rings is 2. The molecule has 6 nitrogen and oxygen atoms in total. The summed E-state index contributed by atoms with van der Waals surface area (Å²) >= 11 is 1.82. The minimum Gasteiger partial charge on any atom is -0.310 e. The van der Waals surface area contributed by atoms with Gasteiger partial charge >= 0.3 is 0 Å². The van der Waals surface area contributed by atoms with Gasteiger partial charge in [-0.15, -0.1) is 11.8 Å². The molecule has 0 aromatic heterocycles. The van der Waals surface area contributed by atoms with Gasteiger partial charge in [0.15, 0.2) is 0 Å². The molecule has 2 aromatic rings. The van der Waals surface area contributed by atoms with E-state index >= 15 is 0 Å². The van der Waals surface area contributed by atoms with E-state index in [1.54, 1.807) is 24.3 Å². The van der Waals surface area contributed by atoms with Crippen molar-refractivity contribution in [1.29, 1.82) is 0 Å². The number of thioether (sulfide) groups is 1. The van der Waals surface area contributed by atoms with Gasteiger partial charge in [0.1, 0.15) is 0 Å². The van der Waals surface area contributed by atoms with Crippen LogP contribution < -0.4 is 4.90 Å². The maximum absolute atomic E-state index is 13.1. The van der Waals surface area contributed by atoms with E-state index in [9.17, 15) is 13.2 Å². The number of carbonyl (C=O) groups is 1. The third kappa shape index (κ3) is 4.56. The average Bonchev–Trinajstić information content (AvgIpc) is 2.93. The first-order chi connectivity index (χ1) is 14.4. The highest BCUT2D eigenvalue weighted by Crippen LogP contribution is 2.37. The third-order valence-corrected chi connectivity index (χ3v) is 8.77. The van der Waals surface area contributed by atoms with Crippen LogP contribution in [0.15, 0.2) is 64.4 Å². The van der Waals surface area contributed by atoms with Crippen molar-refractivity contribution in [3.05, 3.63) is 54.6 Å². The highest BCUT2D eigenvalue weighted by molar-refractivity contribution is 8.00. The molecule has 2 aromatic carbocycles. The summed E-state index contributed by atoms with van der Waals surface area (Å²) in [6.45, 7) is 5.12. The van der Waals surface area contributed by atoms with Crippen molar-refractivity contribution in [2.45, 2.75) is 28.4 Å². The van der Waals surface area contributed by atoms with Crippen LogP contribution in [0.4, 0.5) is 5.69 Å². The van der Waals surface area contributed by atoms with E-state index < -0.39 is 10.0 Å². The second-order valence-corrected chi connectivity index (χ2v) is 11.1. The second-order valence-electron chi connectivity index (χ2n) is 7.72. The van der Waals surface area contributed by atoms with Gasteiger partial charge in [-0.2, -0.15) is 4.31 Å². The number of sulfonamides is 1. The van der Waals surface area contributed by atoms with E-state index in [1.165, 1.54) is 4.31 Å². The Morgan fingerprint density at radius 1 is 0.967 bits per heavy atom. The predicted octanol–water partition coefficient (Wildman–Crippen LogP) is 2.91. The van der Waals surface area contributed by atoms with Crippen molar-refractivity contribution < 1.29 is 13.2 Å². The monoisotopic (exact) mass is 445 g/mol. The summed E-state index contributed by atoms with van der Waals surface area (Å²) < 4.78 is 27.1. The molecule has 0 unspecified atom stereocenters. The number of para-hydroxylation sites is 1. The lowest BCUT2D eigenvalue weighted by molar-refractivity contribution is -0.120. The maximum Gasteiger partial charge on any atom is 0.243 e. The Bertz CT molecular complexity index is 990. The van der Waals surface area contributed by atoms with Crippen LogP contribution in [-0.2, 0) is 14.8 Å². The van der Waals surface area contributed by atoms with Gasteiger partial charge in [0.2, 0.25) is 15.9 Å². The van der Waals surface area contributed by atoms with Crippen molar-refractivity contribution in [3.8, 4) is 0 Å². The number of amides is 1. The van der Waals surface area contributed by atoms with E-state index in [0.29, 0.717) is 49.4 Å². The molecule has 2 heterocycles. The largest absolute Gasteiger partial charge is 0.310 e. The molecule has 0 spiro atoms. The van der Waals surface area contributed by atoms with Crippen molar-refractivity contribution >= 4 is 33.4 Å². The van der Waals surface area contributed by atoms with E-state index in [0.717, 1.165) is 17.0 Å². The molecular weight excluding hydrogens is 418 g/mol. The van der Waals surface area contributed by atoms with Gasteiger partial charge in [-0.3, -0.25) is 9.69 Å².